The summed E-state index contributed by atoms with van der Waals surface area (Å²) in [6, 6.07) is 7.78. The van der Waals surface area contributed by atoms with Crippen LogP contribution >= 0.6 is 0 Å². The third kappa shape index (κ3) is 3.12. The lowest BCUT2D eigenvalue weighted by Crippen LogP contribution is -2.42. The molecule has 0 fully saturated rings. The largest absolute Gasteiger partial charge is 0.359 e. The average molecular weight is 363 g/mol. The van der Waals surface area contributed by atoms with E-state index < -0.39 is 0 Å². The first kappa shape index (κ1) is 17.1. The number of carbonyl (C=O) groups excluding carboxylic acids is 2. The van der Waals surface area contributed by atoms with Gasteiger partial charge in [-0.2, -0.15) is 0 Å². The van der Waals surface area contributed by atoms with E-state index in [4.69, 9.17) is 0 Å². The Kier molecular flexibility index (Phi) is 4.27. The third-order valence-corrected chi connectivity index (χ3v) is 4.87. The van der Waals surface area contributed by atoms with Crippen LogP contribution in [0.25, 0.3) is 10.9 Å². The second kappa shape index (κ2) is 6.75. The molecule has 7 heteroatoms. The summed E-state index contributed by atoms with van der Waals surface area (Å²) in [5, 5.41) is 3.95. The molecule has 1 aromatic carbocycles. The van der Waals surface area contributed by atoms with Crippen LogP contribution in [0.2, 0.25) is 0 Å². The molecular formula is C20H21N5O2. The minimum Gasteiger partial charge on any atom is -0.359 e. The minimum absolute atomic E-state index is 0.0331. The molecule has 0 aliphatic carbocycles. The summed E-state index contributed by atoms with van der Waals surface area (Å²) < 4.78 is 0. The second-order valence-corrected chi connectivity index (χ2v) is 6.88. The third-order valence-electron chi connectivity index (χ3n) is 4.87. The standard InChI is InChI=1S/C20H21N5O2/c1-24(2)20(27)25-8-7-14-13(12-25)9-21-10-16(14)19(26)23-18-11-22-17-6-4-3-5-15(17)18/h3-6,9-11,22H,7-8,12H2,1-2H3,(H,23,26). The number of hydrogen-bond donors (Lipinski definition) is 2. The molecule has 3 heterocycles. The van der Waals surface area contributed by atoms with Gasteiger partial charge in [0.1, 0.15) is 0 Å². The van der Waals surface area contributed by atoms with Gasteiger partial charge in [0.2, 0.25) is 0 Å². The molecule has 0 atom stereocenters. The number of anilines is 1. The highest BCUT2D eigenvalue weighted by Crippen LogP contribution is 2.26. The van der Waals surface area contributed by atoms with E-state index in [1.54, 1.807) is 42.5 Å². The molecule has 0 spiro atoms. The molecule has 0 radical (unpaired) electrons. The maximum Gasteiger partial charge on any atom is 0.319 e. The summed E-state index contributed by atoms with van der Waals surface area (Å²) in [5.41, 5.74) is 4.16. The van der Waals surface area contributed by atoms with E-state index in [1.165, 1.54) is 0 Å². The topological polar surface area (TPSA) is 81.3 Å². The highest BCUT2D eigenvalue weighted by atomic mass is 16.2. The van der Waals surface area contributed by atoms with Crippen molar-refractivity contribution in [2.75, 3.05) is 26.0 Å². The zero-order valence-electron chi connectivity index (χ0n) is 15.3. The van der Waals surface area contributed by atoms with Crippen LogP contribution in [0.5, 0.6) is 0 Å². The van der Waals surface area contributed by atoms with E-state index in [0.717, 1.165) is 27.7 Å². The van der Waals surface area contributed by atoms with Crippen LogP contribution in [-0.4, -0.2) is 52.3 Å². The van der Waals surface area contributed by atoms with Crippen molar-refractivity contribution < 1.29 is 9.59 Å². The monoisotopic (exact) mass is 363 g/mol. The molecule has 2 aromatic heterocycles. The first-order valence-electron chi connectivity index (χ1n) is 8.84. The lowest BCUT2D eigenvalue weighted by molar-refractivity contribution is 0.102. The van der Waals surface area contributed by atoms with E-state index in [2.05, 4.69) is 15.3 Å². The van der Waals surface area contributed by atoms with E-state index in [0.29, 0.717) is 25.1 Å². The number of fused-ring (bicyclic) bond motifs is 2. The molecule has 0 unspecified atom stereocenters. The number of carbonyl (C=O) groups is 2. The van der Waals surface area contributed by atoms with Crippen molar-refractivity contribution in [2.45, 2.75) is 13.0 Å². The summed E-state index contributed by atoms with van der Waals surface area (Å²) in [5.74, 6) is -0.184. The smallest absolute Gasteiger partial charge is 0.319 e. The fraction of sp³-hybridized carbons (Fsp3) is 0.250. The number of aromatic nitrogens is 2. The van der Waals surface area contributed by atoms with Crippen molar-refractivity contribution >= 4 is 28.5 Å². The molecule has 1 aliphatic rings. The van der Waals surface area contributed by atoms with E-state index in [1.807, 2.05) is 24.3 Å². The first-order chi connectivity index (χ1) is 13.0. The summed E-state index contributed by atoms with van der Waals surface area (Å²) in [4.78, 5) is 35.8. The number of rotatable bonds is 2. The SMILES string of the molecule is CN(C)C(=O)N1CCc2c(cncc2C(=O)Nc2c[nH]c3ccccc23)C1. The van der Waals surface area contributed by atoms with Gasteiger partial charge in [0.05, 0.1) is 11.3 Å². The van der Waals surface area contributed by atoms with Gasteiger partial charge < -0.3 is 20.1 Å². The van der Waals surface area contributed by atoms with Gasteiger partial charge in [-0.15, -0.1) is 0 Å². The van der Waals surface area contributed by atoms with Crippen molar-refractivity contribution in [1.29, 1.82) is 0 Å². The number of benzene rings is 1. The van der Waals surface area contributed by atoms with Crippen molar-refractivity contribution in [3.8, 4) is 0 Å². The van der Waals surface area contributed by atoms with Crippen LogP contribution in [0.4, 0.5) is 10.5 Å². The van der Waals surface area contributed by atoms with Gasteiger partial charge in [0.15, 0.2) is 0 Å². The number of H-pyrrole nitrogens is 1. The Labute approximate surface area is 157 Å². The van der Waals surface area contributed by atoms with Crippen LogP contribution < -0.4 is 5.32 Å². The van der Waals surface area contributed by atoms with Crippen molar-refractivity contribution in [1.82, 2.24) is 19.8 Å². The highest BCUT2D eigenvalue weighted by molar-refractivity contribution is 6.09. The van der Waals surface area contributed by atoms with Gasteiger partial charge >= 0.3 is 6.03 Å². The lowest BCUT2D eigenvalue weighted by atomic mass is 9.97. The van der Waals surface area contributed by atoms with Crippen molar-refractivity contribution in [3.05, 3.63) is 59.5 Å². The molecule has 4 rings (SSSR count). The summed E-state index contributed by atoms with van der Waals surface area (Å²) >= 11 is 0. The van der Waals surface area contributed by atoms with Crippen LogP contribution in [0.3, 0.4) is 0 Å². The molecule has 0 saturated carbocycles. The Hall–Kier alpha value is -3.35. The number of aromatic amines is 1. The van der Waals surface area contributed by atoms with Gasteiger partial charge in [-0.3, -0.25) is 9.78 Å². The van der Waals surface area contributed by atoms with E-state index in [9.17, 15) is 9.59 Å². The maximum absolute atomic E-state index is 12.9. The molecule has 1 aliphatic heterocycles. The van der Waals surface area contributed by atoms with Crippen LogP contribution in [0.15, 0.2) is 42.9 Å². The number of nitrogens with one attached hydrogen (secondary N) is 2. The molecule has 0 bridgehead atoms. The molecule has 7 nitrogen and oxygen atoms in total. The molecular weight excluding hydrogens is 342 g/mol. The van der Waals surface area contributed by atoms with Crippen LogP contribution in [0.1, 0.15) is 21.5 Å². The zero-order chi connectivity index (χ0) is 19.0. The molecule has 27 heavy (non-hydrogen) atoms. The summed E-state index contributed by atoms with van der Waals surface area (Å²) in [7, 11) is 3.47. The lowest BCUT2D eigenvalue weighted by Gasteiger charge is -2.31. The van der Waals surface area contributed by atoms with Gasteiger partial charge in [-0.25, -0.2) is 4.79 Å². The predicted octanol–water partition coefficient (Wildman–Crippen LogP) is 2.85. The Morgan fingerprint density at radius 2 is 2.04 bits per heavy atom. The Morgan fingerprint density at radius 1 is 1.22 bits per heavy atom. The Balaban J connectivity index is 1.59. The number of pyridine rings is 1. The van der Waals surface area contributed by atoms with Gasteiger partial charge in [0, 0.05) is 56.7 Å². The van der Waals surface area contributed by atoms with Crippen molar-refractivity contribution in [3.63, 3.8) is 0 Å². The number of para-hydroxylation sites is 1. The fourth-order valence-electron chi connectivity index (χ4n) is 3.50. The van der Waals surface area contributed by atoms with Gasteiger partial charge in [-0.05, 0) is 23.6 Å². The number of hydrogen-bond acceptors (Lipinski definition) is 3. The van der Waals surface area contributed by atoms with Gasteiger partial charge in [0.25, 0.3) is 5.91 Å². The molecule has 3 amide bonds. The Bertz CT molecular complexity index is 1020. The van der Waals surface area contributed by atoms with E-state index >= 15 is 0 Å². The highest BCUT2D eigenvalue weighted by Gasteiger charge is 2.25. The predicted molar refractivity (Wildman–Crippen MR) is 104 cm³/mol. The van der Waals surface area contributed by atoms with Crippen molar-refractivity contribution in [2.24, 2.45) is 0 Å². The molecule has 3 aromatic rings. The average Bonchev–Trinajstić information content (AvgIpc) is 3.09. The summed E-state index contributed by atoms with van der Waals surface area (Å²) in [6.45, 7) is 1.05. The fourth-order valence-corrected chi connectivity index (χ4v) is 3.50. The number of urea groups is 1. The maximum atomic E-state index is 12.9. The van der Waals surface area contributed by atoms with Crippen LogP contribution in [0, 0.1) is 0 Å². The van der Waals surface area contributed by atoms with Gasteiger partial charge in [-0.1, -0.05) is 18.2 Å². The molecule has 2 N–H and O–H groups in total. The summed E-state index contributed by atoms with van der Waals surface area (Å²) in [6.07, 6.45) is 5.77. The molecule has 138 valence electrons. The quantitative estimate of drug-likeness (QED) is 0.735. The number of amides is 3. The number of nitrogens with zero attached hydrogens (tertiary/aromatic N) is 3. The minimum atomic E-state index is -0.184. The molecule has 0 saturated heterocycles. The van der Waals surface area contributed by atoms with Crippen LogP contribution in [-0.2, 0) is 13.0 Å². The Morgan fingerprint density at radius 3 is 2.85 bits per heavy atom. The second-order valence-electron chi connectivity index (χ2n) is 6.88. The first-order valence-corrected chi connectivity index (χ1v) is 8.84. The van der Waals surface area contributed by atoms with E-state index in [-0.39, 0.29) is 11.9 Å². The normalized spacial score (nSPS) is 13.3. The zero-order valence-corrected chi connectivity index (χ0v) is 15.3.